The Hall–Kier alpha value is -1.76. The molecule has 0 aliphatic carbocycles. The number of rotatable bonds is 4. The fourth-order valence-corrected chi connectivity index (χ4v) is 1.60. The van der Waals surface area contributed by atoms with Crippen LogP contribution in [0.4, 0.5) is 13.2 Å². The summed E-state index contributed by atoms with van der Waals surface area (Å²) in [6, 6.07) is 4.61. The molecule has 0 radical (unpaired) electrons. The third-order valence-electron chi connectivity index (χ3n) is 2.74. The highest BCUT2D eigenvalue weighted by molar-refractivity contribution is 5.83. The Bertz CT molecular complexity index is 430. The summed E-state index contributed by atoms with van der Waals surface area (Å²) >= 11 is 0. The minimum absolute atomic E-state index is 0.331. The molecule has 18 heavy (non-hydrogen) atoms. The predicted molar refractivity (Wildman–Crippen MR) is 57.4 cm³/mol. The summed E-state index contributed by atoms with van der Waals surface area (Å²) in [4.78, 5) is 11.0. The molecular formula is C11H12F3NO3. The highest BCUT2D eigenvalue weighted by Crippen LogP contribution is 2.41. The van der Waals surface area contributed by atoms with Crippen LogP contribution in [0.3, 0.4) is 0 Å². The van der Waals surface area contributed by atoms with E-state index < -0.39 is 29.7 Å². The number of hydrogen-bond acceptors (Lipinski definition) is 3. The lowest BCUT2D eigenvalue weighted by Gasteiger charge is -2.30. The molecule has 0 saturated heterocycles. The zero-order valence-corrected chi connectivity index (χ0v) is 9.49. The Morgan fingerprint density at radius 3 is 2.11 bits per heavy atom. The minimum Gasteiger partial charge on any atom is -0.497 e. The van der Waals surface area contributed by atoms with Gasteiger partial charge in [-0.05, 0) is 17.7 Å². The van der Waals surface area contributed by atoms with Crippen LogP contribution in [0.25, 0.3) is 0 Å². The van der Waals surface area contributed by atoms with Gasteiger partial charge in [0, 0.05) is 6.54 Å². The normalized spacial score (nSPS) is 14.9. The lowest BCUT2D eigenvalue weighted by Crippen LogP contribution is -2.54. The van der Waals surface area contributed by atoms with Gasteiger partial charge in [-0.3, -0.25) is 4.79 Å². The third-order valence-corrected chi connectivity index (χ3v) is 2.74. The van der Waals surface area contributed by atoms with Crippen LogP contribution in [0.2, 0.25) is 0 Å². The highest BCUT2D eigenvalue weighted by Gasteiger charge is 2.61. The number of methoxy groups -OCH3 is 1. The van der Waals surface area contributed by atoms with Gasteiger partial charge in [0.15, 0.2) is 5.41 Å². The topological polar surface area (TPSA) is 72.5 Å². The van der Waals surface area contributed by atoms with E-state index in [1.54, 1.807) is 0 Å². The van der Waals surface area contributed by atoms with Crippen LogP contribution < -0.4 is 10.5 Å². The van der Waals surface area contributed by atoms with Gasteiger partial charge in [-0.15, -0.1) is 0 Å². The van der Waals surface area contributed by atoms with Crippen LogP contribution in [0, 0.1) is 0 Å². The van der Waals surface area contributed by atoms with Crippen molar-refractivity contribution < 1.29 is 27.8 Å². The zero-order valence-electron chi connectivity index (χ0n) is 9.49. The van der Waals surface area contributed by atoms with Crippen LogP contribution in [0.5, 0.6) is 5.75 Å². The second kappa shape index (κ2) is 4.85. The van der Waals surface area contributed by atoms with E-state index in [0.29, 0.717) is 5.75 Å². The molecule has 0 saturated carbocycles. The van der Waals surface area contributed by atoms with E-state index in [1.807, 2.05) is 0 Å². The van der Waals surface area contributed by atoms with Crippen LogP contribution in [-0.2, 0) is 10.2 Å². The Morgan fingerprint density at radius 2 is 1.83 bits per heavy atom. The lowest BCUT2D eigenvalue weighted by molar-refractivity contribution is -0.203. The third kappa shape index (κ3) is 2.13. The first-order valence-electron chi connectivity index (χ1n) is 4.94. The molecule has 0 aliphatic rings. The fraction of sp³-hybridized carbons (Fsp3) is 0.364. The number of alkyl halides is 3. The molecule has 0 fully saturated rings. The van der Waals surface area contributed by atoms with E-state index in [0.717, 1.165) is 12.1 Å². The summed E-state index contributed by atoms with van der Waals surface area (Å²) in [6.45, 7) is -1.07. The first-order valence-corrected chi connectivity index (χ1v) is 4.94. The maximum Gasteiger partial charge on any atom is 0.410 e. The largest absolute Gasteiger partial charge is 0.497 e. The van der Waals surface area contributed by atoms with Crippen LogP contribution >= 0.6 is 0 Å². The molecule has 1 rings (SSSR count). The van der Waals surface area contributed by atoms with Gasteiger partial charge >= 0.3 is 12.1 Å². The quantitative estimate of drug-likeness (QED) is 0.864. The first-order chi connectivity index (χ1) is 8.29. The lowest BCUT2D eigenvalue weighted by atomic mass is 9.79. The molecule has 3 N–H and O–H groups in total. The summed E-state index contributed by atoms with van der Waals surface area (Å²) in [5.41, 5.74) is 1.54. The van der Waals surface area contributed by atoms with Crippen LogP contribution in [-0.4, -0.2) is 30.9 Å². The van der Waals surface area contributed by atoms with Gasteiger partial charge < -0.3 is 15.6 Å². The summed E-state index contributed by atoms with van der Waals surface area (Å²) in [5, 5.41) is 8.91. The molecule has 0 aliphatic heterocycles. The number of benzene rings is 1. The van der Waals surface area contributed by atoms with E-state index >= 15 is 0 Å². The van der Waals surface area contributed by atoms with Gasteiger partial charge in [0.25, 0.3) is 0 Å². The predicted octanol–water partition coefficient (Wildman–Crippen LogP) is 1.54. The van der Waals surface area contributed by atoms with Crippen LogP contribution in [0.15, 0.2) is 24.3 Å². The van der Waals surface area contributed by atoms with Gasteiger partial charge in [-0.2, -0.15) is 13.2 Å². The number of nitrogens with two attached hydrogens (primary N) is 1. The summed E-state index contributed by atoms with van der Waals surface area (Å²) in [7, 11) is 1.35. The number of hydrogen-bond donors (Lipinski definition) is 2. The monoisotopic (exact) mass is 263 g/mol. The van der Waals surface area contributed by atoms with Gasteiger partial charge in [0.1, 0.15) is 5.75 Å². The second-order valence-electron chi connectivity index (χ2n) is 3.64. The SMILES string of the molecule is COc1ccc(C(CN)(C(=O)O)C(F)(F)F)cc1. The van der Waals surface area contributed by atoms with Crippen molar-refractivity contribution in [2.45, 2.75) is 11.6 Å². The molecular weight excluding hydrogens is 251 g/mol. The van der Waals surface area contributed by atoms with Crippen molar-refractivity contribution in [3.63, 3.8) is 0 Å². The van der Waals surface area contributed by atoms with Gasteiger partial charge in [0.2, 0.25) is 0 Å². The number of ether oxygens (including phenoxy) is 1. The maximum atomic E-state index is 13.0. The number of carbonyl (C=O) groups is 1. The van der Waals surface area contributed by atoms with E-state index in [1.165, 1.54) is 19.2 Å². The van der Waals surface area contributed by atoms with E-state index in [4.69, 9.17) is 15.6 Å². The number of carboxylic acids is 1. The molecule has 0 amide bonds. The molecule has 1 aromatic carbocycles. The molecule has 1 atom stereocenters. The number of aliphatic carboxylic acids is 1. The van der Waals surface area contributed by atoms with E-state index in [9.17, 15) is 18.0 Å². The van der Waals surface area contributed by atoms with E-state index in [-0.39, 0.29) is 0 Å². The molecule has 7 heteroatoms. The average molecular weight is 263 g/mol. The van der Waals surface area contributed by atoms with Crippen molar-refractivity contribution in [1.29, 1.82) is 0 Å². The molecule has 1 aromatic rings. The molecule has 4 nitrogen and oxygen atoms in total. The molecule has 1 unspecified atom stereocenters. The van der Waals surface area contributed by atoms with Gasteiger partial charge in [0.05, 0.1) is 7.11 Å². The fourth-order valence-electron chi connectivity index (χ4n) is 1.60. The number of halogens is 3. The smallest absolute Gasteiger partial charge is 0.410 e. The van der Waals surface area contributed by atoms with Crippen molar-refractivity contribution in [3.8, 4) is 5.75 Å². The van der Waals surface area contributed by atoms with Crippen molar-refractivity contribution in [2.24, 2.45) is 5.73 Å². The van der Waals surface area contributed by atoms with E-state index in [2.05, 4.69) is 0 Å². The summed E-state index contributed by atoms with van der Waals surface area (Å²) < 4.78 is 43.8. The maximum absolute atomic E-state index is 13.0. The molecule has 0 aromatic heterocycles. The molecule has 100 valence electrons. The van der Waals surface area contributed by atoms with Gasteiger partial charge in [-0.25, -0.2) is 0 Å². The van der Waals surface area contributed by atoms with Crippen molar-refractivity contribution in [3.05, 3.63) is 29.8 Å². The van der Waals surface area contributed by atoms with Gasteiger partial charge in [-0.1, -0.05) is 12.1 Å². The highest BCUT2D eigenvalue weighted by atomic mass is 19.4. The molecule has 0 bridgehead atoms. The van der Waals surface area contributed by atoms with Crippen LogP contribution in [0.1, 0.15) is 5.56 Å². The minimum atomic E-state index is -4.98. The summed E-state index contributed by atoms with van der Waals surface area (Å²) in [6.07, 6.45) is -4.98. The Kier molecular flexibility index (Phi) is 3.85. The Balaban J connectivity index is 3.38. The molecule has 0 spiro atoms. The van der Waals surface area contributed by atoms with Crippen molar-refractivity contribution in [1.82, 2.24) is 0 Å². The number of carboxylic acid groups (broad SMARTS) is 1. The van der Waals surface area contributed by atoms with Crippen molar-refractivity contribution >= 4 is 5.97 Å². The zero-order chi connectivity index (χ0) is 14.0. The summed E-state index contributed by atoms with van der Waals surface area (Å²) in [5.74, 6) is -1.69. The Morgan fingerprint density at radius 1 is 1.33 bits per heavy atom. The second-order valence-corrected chi connectivity index (χ2v) is 3.64. The first kappa shape index (κ1) is 14.3. The van der Waals surface area contributed by atoms with Crippen molar-refractivity contribution in [2.75, 3.05) is 13.7 Å². The molecule has 0 heterocycles. The average Bonchev–Trinajstić information content (AvgIpc) is 2.29. The Labute approximate surface area is 101 Å². The standard InChI is InChI=1S/C11H12F3NO3/c1-18-8-4-2-7(3-5-8)10(6-15,9(16)17)11(12,13)14/h2-5H,6,15H2,1H3,(H,16,17).